The van der Waals surface area contributed by atoms with E-state index >= 15 is 0 Å². The smallest absolute Gasteiger partial charge is 0.321 e. The summed E-state index contributed by atoms with van der Waals surface area (Å²) in [6, 6.07) is 2.54. The zero-order valence-electron chi connectivity index (χ0n) is 7.38. The Morgan fingerprint density at radius 2 is 2.43 bits per heavy atom. The van der Waals surface area contributed by atoms with Gasteiger partial charge in [-0.15, -0.1) is 11.8 Å². The van der Waals surface area contributed by atoms with Crippen LogP contribution in [0.1, 0.15) is 0 Å². The van der Waals surface area contributed by atoms with Gasteiger partial charge in [-0.05, 0) is 12.1 Å². The molecule has 14 heavy (non-hydrogen) atoms. The van der Waals surface area contributed by atoms with Crippen LogP contribution >= 0.6 is 11.8 Å². The molecular formula is C8H11N3O2S. The van der Waals surface area contributed by atoms with Gasteiger partial charge in [0.1, 0.15) is 11.1 Å². The number of carboxylic acid groups (broad SMARTS) is 1. The second kappa shape index (κ2) is 4.83. The van der Waals surface area contributed by atoms with Crippen molar-refractivity contribution in [2.75, 3.05) is 11.5 Å². The lowest BCUT2D eigenvalue weighted by molar-refractivity contribution is -0.137. The number of nitrogens with zero attached hydrogens (tertiary/aromatic N) is 1. The number of thioether (sulfide) groups is 1. The molecular weight excluding hydrogens is 202 g/mol. The van der Waals surface area contributed by atoms with Gasteiger partial charge in [0.25, 0.3) is 0 Å². The fourth-order valence-electron chi connectivity index (χ4n) is 0.764. The van der Waals surface area contributed by atoms with Crippen LogP contribution in [0.3, 0.4) is 0 Å². The quantitative estimate of drug-likeness (QED) is 0.616. The largest absolute Gasteiger partial charge is 0.480 e. The summed E-state index contributed by atoms with van der Waals surface area (Å²) in [7, 11) is 0. The number of aliphatic carboxylic acids is 1. The molecule has 0 aromatic carbocycles. The first kappa shape index (κ1) is 10.8. The molecule has 0 spiro atoms. The molecule has 0 amide bonds. The van der Waals surface area contributed by atoms with Crippen molar-refractivity contribution in [1.82, 2.24) is 4.98 Å². The van der Waals surface area contributed by atoms with Gasteiger partial charge < -0.3 is 16.6 Å². The van der Waals surface area contributed by atoms with Crippen molar-refractivity contribution in [1.29, 1.82) is 0 Å². The van der Waals surface area contributed by atoms with Gasteiger partial charge in [0, 0.05) is 11.9 Å². The molecule has 6 heteroatoms. The molecule has 0 radical (unpaired) electrons. The van der Waals surface area contributed by atoms with Gasteiger partial charge in [-0.3, -0.25) is 4.79 Å². The molecule has 5 nitrogen and oxygen atoms in total. The van der Waals surface area contributed by atoms with Gasteiger partial charge in [-0.25, -0.2) is 4.98 Å². The number of hydrogen-bond donors (Lipinski definition) is 3. The third-order valence-corrected chi connectivity index (χ3v) is 2.66. The summed E-state index contributed by atoms with van der Waals surface area (Å²) in [5, 5.41) is 9.15. The highest BCUT2D eigenvalue weighted by atomic mass is 32.2. The Hall–Kier alpha value is -1.27. The predicted molar refractivity (Wildman–Crippen MR) is 55.0 cm³/mol. The van der Waals surface area contributed by atoms with Crippen LogP contribution in [0.25, 0.3) is 0 Å². The lowest BCUT2D eigenvalue weighted by atomic mass is 10.4. The Kier molecular flexibility index (Phi) is 3.73. The number of pyridine rings is 1. The molecule has 1 heterocycles. The van der Waals surface area contributed by atoms with E-state index in [1.165, 1.54) is 11.8 Å². The highest BCUT2D eigenvalue weighted by Gasteiger charge is 2.12. The standard InChI is InChI=1S/C8H11N3O2S/c9-5-2-1-3-11-7(5)14-4-6(10)8(12)13/h1-3,6H,4,9-10H2,(H,12,13). The molecule has 0 saturated heterocycles. The lowest BCUT2D eigenvalue weighted by Gasteiger charge is -2.06. The average molecular weight is 213 g/mol. The molecule has 1 unspecified atom stereocenters. The summed E-state index contributed by atoms with van der Waals surface area (Å²) >= 11 is 1.24. The summed E-state index contributed by atoms with van der Waals surface area (Å²) in [4.78, 5) is 14.4. The Labute approximate surface area is 85.5 Å². The summed E-state index contributed by atoms with van der Waals surface area (Å²) in [6.45, 7) is 0. The van der Waals surface area contributed by atoms with Crippen molar-refractivity contribution in [3.63, 3.8) is 0 Å². The first-order valence-electron chi connectivity index (χ1n) is 3.93. The number of aromatic nitrogens is 1. The minimum absolute atomic E-state index is 0.260. The Balaban J connectivity index is 2.54. The van der Waals surface area contributed by atoms with E-state index in [4.69, 9.17) is 16.6 Å². The lowest BCUT2D eigenvalue weighted by Crippen LogP contribution is -2.32. The molecule has 0 fully saturated rings. The van der Waals surface area contributed by atoms with Crippen molar-refractivity contribution in [3.8, 4) is 0 Å². The van der Waals surface area contributed by atoms with Gasteiger partial charge in [0.2, 0.25) is 0 Å². The van der Waals surface area contributed by atoms with E-state index in [9.17, 15) is 4.79 Å². The number of anilines is 1. The van der Waals surface area contributed by atoms with E-state index in [0.717, 1.165) is 0 Å². The SMILES string of the molecule is Nc1cccnc1SCC(N)C(=O)O. The van der Waals surface area contributed by atoms with E-state index in [-0.39, 0.29) is 5.75 Å². The molecule has 0 aliphatic carbocycles. The van der Waals surface area contributed by atoms with Gasteiger partial charge in [-0.1, -0.05) is 0 Å². The average Bonchev–Trinajstić information content (AvgIpc) is 2.16. The highest BCUT2D eigenvalue weighted by Crippen LogP contribution is 2.21. The summed E-state index contributed by atoms with van der Waals surface area (Å²) in [6.07, 6.45) is 1.60. The van der Waals surface area contributed by atoms with E-state index in [1.807, 2.05) is 0 Å². The fourth-order valence-corrected chi connectivity index (χ4v) is 1.61. The minimum Gasteiger partial charge on any atom is -0.480 e. The zero-order chi connectivity index (χ0) is 10.6. The van der Waals surface area contributed by atoms with Crippen LogP contribution in [-0.2, 0) is 4.79 Å². The van der Waals surface area contributed by atoms with Crippen molar-refractivity contribution in [3.05, 3.63) is 18.3 Å². The van der Waals surface area contributed by atoms with Crippen LogP contribution in [0.2, 0.25) is 0 Å². The Morgan fingerprint density at radius 3 is 3.00 bits per heavy atom. The summed E-state index contributed by atoms with van der Waals surface area (Å²) in [5.41, 5.74) is 11.5. The molecule has 76 valence electrons. The Bertz CT molecular complexity index is 332. The molecule has 0 bridgehead atoms. The number of nitrogens with two attached hydrogens (primary N) is 2. The topological polar surface area (TPSA) is 102 Å². The maximum Gasteiger partial charge on any atom is 0.321 e. The van der Waals surface area contributed by atoms with Crippen LogP contribution in [-0.4, -0.2) is 27.9 Å². The number of carboxylic acids is 1. The number of rotatable bonds is 4. The molecule has 1 aromatic rings. The van der Waals surface area contributed by atoms with Crippen molar-refractivity contribution < 1.29 is 9.90 Å². The molecule has 1 aromatic heterocycles. The van der Waals surface area contributed by atoms with Crippen molar-refractivity contribution >= 4 is 23.4 Å². The monoisotopic (exact) mass is 213 g/mol. The molecule has 0 aliphatic heterocycles. The zero-order valence-corrected chi connectivity index (χ0v) is 8.20. The first-order valence-corrected chi connectivity index (χ1v) is 4.91. The van der Waals surface area contributed by atoms with Crippen LogP contribution < -0.4 is 11.5 Å². The van der Waals surface area contributed by atoms with Crippen LogP contribution in [0.5, 0.6) is 0 Å². The van der Waals surface area contributed by atoms with Gasteiger partial charge in [0.15, 0.2) is 0 Å². The molecule has 0 aliphatic rings. The van der Waals surface area contributed by atoms with Gasteiger partial charge in [-0.2, -0.15) is 0 Å². The van der Waals surface area contributed by atoms with E-state index in [0.29, 0.717) is 10.7 Å². The minimum atomic E-state index is -1.02. The maximum atomic E-state index is 10.4. The summed E-state index contributed by atoms with van der Waals surface area (Å²) < 4.78 is 0. The molecule has 5 N–H and O–H groups in total. The first-order chi connectivity index (χ1) is 6.61. The second-order valence-electron chi connectivity index (χ2n) is 2.65. The second-order valence-corrected chi connectivity index (χ2v) is 3.66. The van der Waals surface area contributed by atoms with E-state index in [1.54, 1.807) is 18.3 Å². The third kappa shape index (κ3) is 2.90. The van der Waals surface area contributed by atoms with Crippen LogP contribution in [0.4, 0.5) is 5.69 Å². The maximum absolute atomic E-state index is 10.4. The normalized spacial score (nSPS) is 12.4. The van der Waals surface area contributed by atoms with Gasteiger partial charge >= 0.3 is 5.97 Å². The van der Waals surface area contributed by atoms with Crippen LogP contribution in [0, 0.1) is 0 Å². The predicted octanol–water partition coefficient (Wildman–Crippen LogP) is 0.168. The highest BCUT2D eigenvalue weighted by molar-refractivity contribution is 7.99. The molecule has 1 rings (SSSR count). The number of nitrogen functional groups attached to an aromatic ring is 1. The number of carbonyl (C=O) groups is 1. The fraction of sp³-hybridized carbons (Fsp3) is 0.250. The van der Waals surface area contributed by atoms with Crippen molar-refractivity contribution in [2.24, 2.45) is 5.73 Å². The third-order valence-electron chi connectivity index (χ3n) is 1.52. The van der Waals surface area contributed by atoms with E-state index in [2.05, 4.69) is 4.98 Å². The molecule has 0 saturated carbocycles. The van der Waals surface area contributed by atoms with Crippen LogP contribution in [0.15, 0.2) is 23.4 Å². The van der Waals surface area contributed by atoms with Crippen molar-refractivity contribution in [2.45, 2.75) is 11.1 Å². The molecule has 1 atom stereocenters. The summed E-state index contributed by atoms with van der Waals surface area (Å²) in [5.74, 6) is -0.761. The number of hydrogen-bond acceptors (Lipinski definition) is 5. The Morgan fingerprint density at radius 1 is 1.71 bits per heavy atom. The van der Waals surface area contributed by atoms with Gasteiger partial charge in [0.05, 0.1) is 5.69 Å². The van der Waals surface area contributed by atoms with E-state index < -0.39 is 12.0 Å².